The Morgan fingerprint density at radius 2 is 1.62 bits per heavy atom. The molecule has 0 bridgehead atoms. The van der Waals surface area contributed by atoms with E-state index < -0.39 is 12.1 Å². The maximum absolute atomic E-state index is 10.6. The minimum atomic E-state index is -0.641. The van der Waals surface area contributed by atoms with Gasteiger partial charge in [-0.15, -0.1) is 0 Å². The molecule has 1 fully saturated rings. The van der Waals surface area contributed by atoms with Crippen molar-refractivity contribution in [2.24, 2.45) is 11.7 Å². The minimum absolute atomic E-state index is 0.0480. The lowest BCUT2D eigenvalue weighted by Crippen LogP contribution is -2.34. The second-order valence-electron chi connectivity index (χ2n) is 5.68. The van der Waals surface area contributed by atoms with Crippen LogP contribution in [0.15, 0.2) is 12.1 Å². The Morgan fingerprint density at radius 1 is 1.10 bits per heavy atom. The Labute approximate surface area is 125 Å². The van der Waals surface area contributed by atoms with Gasteiger partial charge < -0.3 is 25.4 Å². The van der Waals surface area contributed by atoms with Crippen molar-refractivity contribution in [2.45, 2.75) is 44.2 Å². The Morgan fingerprint density at radius 3 is 2.10 bits per heavy atom. The summed E-state index contributed by atoms with van der Waals surface area (Å²) < 4.78 is 10.6. The highest BCUT2D eigenvalue weighted by Gasteiger charge is 2.31. The number of hydrogen-bond donors (Lipinski definition) is 3. The molecule has 0 amide bonds. The number of aliphatic hydroxyl groups is 1. The average molecular weight is 295 g/mol. The van der Waals surface area contributed by atoms with E-state index in [-0.39, 0.29) is 11.7 Å². The van der Waals surface area contributed by atoms with E-state index in [1.54, 1.807) is 0 Å². The first-order chi connectivity index (χ1) is 10.1. The Hall–Kier alpha value is -1.46. The molecule has 0 unspecified atom stereocenters. The summed E-state index contributed by atoms with van der Waals surface area (Å²) in [6.07, 6.45) is 4.86. The fourth-order valence-electron chi connectivity index (χ4n) is 3.19. The van der Waals surface area contributed by atoms with Crippen LogP contribution in [0.4, 0.5) is 0 Å². The van der Waals surface area contributed by atoms with Crippen molar-refractivity contribution < 1.29 is 19.7 Å². The second-order valence-corrected chi connectivity index (χ2v) is 5.68. The molecule has 21 heavy (non-hydrogen) atoms. The van der Waals surface area contributed by atoms with Crippen LogP contribution >= 0.6 is 0 Å². The van der Waals surface area contributed by atoms with Gasteiger partial charge in [0.15, 0.2) is 0 Å². The zero-order valence-electron chi connectivity index (χ0n) is 12.7. The first-order valence-corrected chi connectivity index (χ1v) is 7.47. The molecular weight excluding hydrogens is 270 g/mol. The van der Waals surface area contributed by atoms with E-state index >= 15 is 0 Å². The summed E-state index contributed by atoms with van der Waals surface area (Å²) in [5, 5.41) is 20.3. The van der Waals surface area contributed by atoms with Crippen LogP contribution in [-0.4, -0.2) is 30.5 Å². The molecule has 0 spiro atoms. The highest BCUT2D eigenvalue weighted by Crippen LogP contribution is 2.41. The second kappa shape index (κ2) is 7.00. The van der Waals surface area contributed by atoms with Gasteiger partial charge in [-0.2, -0.15) is 0 Å². The van der Waals surface area contributed by atoms with Gasteiger partial charge >= 0.3 is 0 Å². The molecule has 1 aromatic rings. The molecule has 2 rings (SSSR count). The highest BCUT2D eigenvalue weighted by molar-refractivity contribution is 5.52. The maximum Gasteiger partial charge on any atom is 0.131 e. The summed E-state index contributed by atoms with van der Waals surface area (Å²) in [5.74, 6) is 1.13. The van der Waals surface area contributed by atoms with Gasteiger partial charge in [0.2, 0.25) is 0 Å². The third kappa shape index (κ3) is 3.41. The number of aromatic hydroxyl groups is 1. The molecule has 0 heterocycles. The van der Waals surface area contributed by atoms with E-state index in [0.29, 0.717) is 17.1 Å². The van der Waals surface area contributed by atoms with Crippen LogP contribution in [0, 0.1) is 5.92 Å². The van der Waals surface area contributed by atoms with Gasteiger partial charge in [-0.1, -0.05) is 19.3 Å². The van der Waals surface area contributed by atoms with Gasteiger partial charge in [-0.05, 0) is 18.8 Å². The quantitative estimate of drug-likeness (QED) is 0.776. The summed E-state index contributed by atoms with van der Waals surface area (Å²) in [4.78, 5) is 0. The molecule has 2 atom stereocenters. The zero-order chi connectivity index (χ0) is 15.4. The summed E-state index contributed by atoms with van der Waals surface area (Å²) in [6.45, 7) is 0. The average Bonchev–Trinajstić information content (AvgIpc) is 2.53. The van der Waals surface area contributed by atoms with Crippen molar-refractivity contribution in [1.82, 2.24) is 0 Å². The van der Waals surface area contributed by atoms with Crippen LogP contribution in [-0.2, 0) is 0 Å². The summed E-state index contributed by atoms with van der Waals surface area (Å²) in [5.41, 5.74) is 6.89. The monoisotopic (exact) mass is 295 g/mol. The molecule has 1 saturated carbocycles. The fourth-order valence-corrected chi connectivity index (χ4v) is 3.19. The van der Waals surface area contributed by atoms with Crippen molar-refractivity contribution in [3.8, 4) is 17.2 Å². The van der Waals surface area contributed by atoms with Crippen LogP contribution in [0.2, 0.25) is 0 Å². The lowest BCUT2D eigenvalue weighted by Gasteiger charge is -2.31. The number of hydrogen-bond acceptors (Lipinski definition) is 5. The lowest BCUT2D eigenvalue weighted by molar-refractivity contribution is 0.0603. The summed E-state index contributed by atoms with van der Waals surface area (Å²) in [7, 11) is 3.02. The van der Waals surface area contributed by atoms with Crippen molar-refractivity contribution in [3.63, 3.8) is 0 Å². The molecule has 118 valence electrons. The maximum atomic E-state index is 10.6. The van der Waals surface area contributed by atoms with E-state index in [2.05, 4.69) is 0 Å². The fraction of sp³-hybridized carbons (Fsp3) is 0.625. The molecule has 5 heteroatoms. The first kappa shape index (κ1) is 15.9. The number of aliphatic hydroxyl groups excluding tert-OH is 1. The number of methoxy groups -OCH3 is 2. The number of rotatable bonds is 5. The molecule has 0 radical (unpaired) electrons. The predicted molar refractivity (Wildman–Crippen MR) is 80.7 cm³/mol. The standard InChI is InChI=1S/C16H25NO4/c1-20-12-8-11(18)9-13(21-2)14(12)15(17)16(19)10-6-4-3-5-7-10/h8-10,15-16,18-19H,3-7,17H2,1-2H3/t15-,16+/m0/s1. The predicted octanol–water partition coefficient (Wildman–Crippen LogP) is 2.35. The minimum Gasteiger partial charge on any atom is -0.508 e. The molecule has 4 N–H and O–H groups in total. The van der Waals surface area contributed by atoms with Crippen LogP contribution < -0.4 is 15.2 Å². The van der Waals surface area contributed by atoms with Crippen molar-refractivity contribution >= 4 is 0 Å². The van der Waals surface area contributed by atoms with E-state index in [9.17, 15) is 10.2 Å². The number of ether oxygens (including phenoxy) is 2. The molecule has 1 aliphatic rings. The van der Waals surface area contributed by atoms with Gasteiger partial charge in [0.1, 0.15) is 17.2 Å². The third-order valence-corrected chi connectivity index (χ3v) is 4.36. The number of phenols is 1. The van der Waals surface area contributed by atoms with Crippen LogP contribution in [0.3, 0.4) is 0 Å². The molecule has 0 aliphatic heterocycles. The number of phenolic OH excluding ortho intramolecular Hbond substituents is 1. The largest absolute Gasteiger partial charge is 0.508 e. The van der Waals surface area contributed by atoms with Crippen molar-refractivity contribution in [1.29, 1.82) is 0 Å². The van der Waals surface area contributed by atoms with Crippen molar-refractivity contribution in [2.75, 3.05) is 14.2 Å². The van der Waals surface area contributed by atoms with Gasteiger partial charge in [0.05, 0.1) is 31.9 Å². The molecule has 1 aliphatic carbocycles. The number of nitrogens with two attached hydrogens (primary N) is 1. The topological polar surface area (TPSA) is 84.9 Å². The smallest absolute Gasteiger partial charge is 0.131 e. The van der Waals surface area contributed by atoms with E-state index in [1.165, 1.54) is 32.8 Å². The van der Waals surface area contributed by atoms with Crippen molar-refractivity contribution in [3.05, 3.63) is 17.7 Å². The Bertz CT molecular complexity index is 446. The van der Waals surface area contributed by atoms with Gasteiger partial charge in [-0.3, -0.25) is 0 Å². The van der Waals surface area contributed by atoms with E-state index in [4.69, 9.17) is 15.2 Å². The van der Waals surface area contributed by atoms with Crippen LogP contribution in [0.25, 0.3) is 0 Å². The molecule has 5 nitrogen and oxygen atoms in total. The van der Waals surface area contributed by atoms with Crippen LogP contribution in [0.1, 0.15) is 43.7 Å². The molecule has 0 aromatic heterocycles. The normalized spacial score (nSPS) is 19.0. The van der Waals surface area contributed by atoms with Crippen LogP contribution in [0.5, 0.6) is 17.2 Å². The molecule has 0 saturated heterocycles. The highest BCUT2D eigenvalue weighted by atomic mass is 16.5. The third-order valence-electron chi connectivity index (χ3n) is 4.36. The molecule has 1 aromatic carbocycles. The summed E-state index contributed by atoms with van der Waals surface area (Å²) >= 11 is 0. The van der Waals surface area contributed by atoms with Gasteiger partial charge in [0, 0.05) is 12.1 Å². The molecular formula is C16H25NO4. The van der Waals surface area contributed by atoms with E-state index in [0.717, 1.165) is 25.7 Å². The Kier molecular flexibility index (Phi) is 5.31. The lowest BCUT2D eigenvalue weighted by atomic mass is 9.81. The SMILES string of the molecule is COc1cc(O)cc(OC)c1[C@H](N)[C@H](O)C1CCCCC1. The van der Waals surface area contributed by atoms with Gasteiger partial charge in [0.25, 0.3) is 0 Å². The number of benzene rings is 1. The summed E-state index contributed by atoms with van der Waals surface area (Å²) in [6, 6.07) is 2.38. The first-order valence-electron chi connectivity index (χ1n) is 7.47. The zero-order valence-corrected chi connectivity index (χ0v) is 12.7. The Balaban J connectivity index is 2.30. The van der Waals surface area contributed by atoms with Gasteiger partial charge in [-0.25, -0.2) is 0 Å². The van der Waals surface area contributed by atoms with E-state index in [1.807, 2.05) is 0 Å².